The summed E-state index contributed by atoms with van der Waals surface area (Å²) >= 11 is 3.20. The Hall–Kier alpha value is -1.43. The van der Waals surface area contributed by atoms with Crippen molar-refractivity contribution in [3.63, 3.8) is 0 Å². The molecule has 0 bridgehead atoms. The van der Waals surface area contributed by atoms with Gasteiger partial charge in [-0.1, -0.05) is 0 Å². The smallest absolute Gasteiger partial charge is 0.254 e. The maximum absolute atomic E-state index is 10.9. The molecule has 0 spiro atoms. The SMILES string of the molecule is NC(=O)c1cnn2ccc(Br)nc12. The highest BCUT2D eigenvalue weighted by Crippen LogP contribution is 2.11. The molecular weight excluding hydrogens is 236 g/mol. The number of rotatable bonds is 1. The van der Waals surface area contributed by atoms with Gasteiger partial charge in [-0.05, 0) is 22.0 Å². The Morgan fingerprint density at radius 1 is 1.62 bits per heavy atom. The summed E-state index contributed by atoms with van der Waals surface area (Å²) in [6, 6.07) is 1.73. The van der Waals surface area contributed by atoms with Gasteiger partial charge in [0.2, 0.25) is 0 Å². The second-order valence-corrected chi connectivity index (χ2v) is 3.25. The van der Waals surface area contributed by atoms with Gasteiger partial charge < -0.3 is 5.73 Å². The number of aromatic nitrogens is 3. The lowest BCUT2D eigenvalue weighted by molar-refractivity contribution is 0.100. The van der Waals surface area contributed by atoms with Crippen LogP contribution < -0.4 is 5.73 Å². The number of fused-ring (bicyclic) bond motifs is 1. The van der Waals surface area contributed by atoms with E-state index in [1.165, 1.54) is 10.7 Å². The number of hydrogen-bond donors (Lipinski definition) is 1. The second-order valence-electron chi connectivity index (χ2n) is 2.44. The van der Waals surface area contributed by atoms with E-state index < -0.39 is 5.91 Å². The van der Waals surface area contributed by atoms with Crippen molar-refractivity contribution in [2.24, 2.45) is 5.73 Å². The molecule has 0 saturated heterocycles. The van der Waals surface area contributed by atoms with Crippen molar-refractivity contribution in [1.29, 1.82) is 0 Å². The van der Waals surface area contributed by atoms with Gasteiger partial charge in [-0.15, -0.1) is 0 Å². The summed E-state index contributed by atoms with van der Waals surface area (Å²) in [5, 5.41) is 3.91. The Kier molecular flexibility index (Phi) is 1.77. The Morgan fingerprint density at radius 2 is 2.38 bits per heavy atom. The molecule has 0 aliphatic rings. The third kappa shape index (κ3) is 1.29. The summed E-state index contributed by atoms with van der Waals surface area (Å²) in [6.45, 7) is 0. The molecule has 0 radical (unpaired) electrons. The lowest BCUT2D eigenvalue weighted by Gasteiger charge is -1.93. The number of amides is 1. The van der Waals surface area contributed by atoms with Crippen LogP contribution in [0.4, 0.5) is 0 Å². The first-order valence-corrected chi connectivity index (χ1v) is 4.27. The summed E-state index contributed by atoms with van der Waals surface area (Å²) in [7, 11) is 0. The third-order valence-corrected chi connectivity index (χ3v) is 2.04. The fourth-order valence-corrected chi connectivity index (χ4v) is 1.31. The van der Waals surface area contributed by atoms with Gasteiger partial charge in [0.25, 0.3) is 5.91 Å². The minimum absolute atomic E-state index is 0.321. The first-order chi connectivity index (χ1) is 6.18. The van der Waals surface area contributed by atoms with Crippen molar-refractivity contribution in [1.82, 2.24) is 14.6 Å². The van der Waals surface area contributed by atoms with Crippen LogP contribution in [0.5, 0.6) is 0 Å². The van der Waals surface area contributed by atoms with Crippen LogP contribution >= 0.6 is 15.9 Å². The third-order valence-electron chi connectivity index (χ3n) is 1.60. The Labute approximate surface area is 81.7 Å². The summed E-state index contributed by atoms with van der Waals surface area (Å²) in [5.74, 6) is -0.527. The van der Waals surface area contributed by atoms with E-state index >= 15 is 0 Å². The molecule has 13 heavy (non-hydrogen) atoms. The average Bonchev–Trinajstić information content (AvgIpc) is 2.46. The van der Waals surface area contributed by atoms with Crippen LogP contribution in [0.3, 0.4) is 0 Å². The van der Waals surface area contributed by atoms with Crippen LogP contribution in [0, 0.1) is 0 Å². The predicted octanol–water partition coefficient (Wildman–Crippen LogP) is 0.591. The molecule has 5 nitrogen and oxygen atoms in total. The molecule has 0 atom stereocenters. The number of carbonyl (C=O) groups excluding carboxylic acids is 1. The van der Waals surface area contributed by atoms with Gasteiger partial charge in [-0.25, -0.2) is 9.50 Å². The van der Waals surface area contributed by atoms with E-state index in [-0.39, 0.29) is 0 Å². The number of nitrogens with two attached hydrogens (primary N) is 1. The zero-order valence-electron chi connectivity index (χ0n) is 6.44. The predicted molar refractivity (Wildman–Crippen MR) is 49.2 cm³/mol. The van der Waals surface area contributed by atoms with Crippen LogP contribution in [-0.2, 0) is 0 Å². The van der Waals surface area contributed by atoms with Crippen molar-refractivity contribution in [3.05, 3.63) is 28.6 Å². The van der Waals surface area contributed by atoms with Crippen LogP contribution in [0.25, 0.3) is 5.65 Å². The number of primary amides is 1. The van der Waals surface area contributed by atoms with Crippen molar-refractivity contribution >= 4 is 27.5 Å². The molecule has 0 saturated carbocycles. The second kappa shape index (κ2) is 2.81. The van der Waals surface area contributed by atoms with E-state index in [1.54, 1.807) is 12.3 Å². The molecule has 1 amide bonds. The van der Waals surface area contributed by atoms with Crippen molar-refractivity contribution in [2.75, 3.05) is 0 Å². The molecule has 2 N–H and O–H groups in total. The molecule has 0 fully saturated rings. The average molecular weight is 241 g/mol. The van der Waals surface area contributed by atoms with E-state index in [0.717, 1.165) is 0 Å². The Balaban J connectivity index is 2.79. The van der Waals surface area contributed by atoms with Crippen LogP contribution in [0.1, 0.15) is 10.4 Å². The molecule has 2 aromatic heterocycles. The highest BCUT2D eigenvalue weighted by Gasteiger charge is 2.10. The molecule has 2 rings (SSSR count). The van der Waals surface area contributed by atoms with Gasteiger partial charge in [0, 0.05) is 6.20 Å². The molecule has 0 unspecified atom stereocenters. The summed E-state index contributed by atoms with van der Waals surface area (Å²) in [4.78, 5) is 15.0. The largest absolute Gasteiger partial charge is 0.365 e. The lowest BCUT2D eigenvalue weighted by Crippen LogP contribution is -2.10. The van der Waals surface area contributed by atoms with E-state index in [1.807, 2.05) is 0 Å². The first-order valence-electron chi connectivity index (χ1n) is 3.48. The molecule has 0 aliphatic carbocycles. The van der Waals surface area contributed by atoms with E-state index in [9.17, 15) is 4.79 Å². The van der Waals surface area contributed by atoms with E-state index in [0.29, 0.717) is 15.8 Å². The molecule has 0 aliphatic heterocycles. The number of hydrogen-bond acceptors (Lipinski definition) is 3. The number of nitrogens with zero attached hydrogens (tertiary/aromatic N) is 3. The zero-order valence-corrected chi connectivity index (χ0v) is 8.02. The molecule has 0 aromatic carbocycles. The molecular formula is C7H5BrN4O. The van der Waals surface area contributed by atoms with E-state index in [4.69, 9.17) is 5.73 Å². The topological polar surface area (TPSA) is 73.3 Å². The highest BCUT2D eigenvalue weighted by molar-refractivity contribution is 9.10. The Bertz CT molecular complexity index is 478. The molecule has 2 aromatic rings. The molecule has 66 valence electrons. The van der Waals surface area contributed by atoms with Gasteiger partial charge >= 0.3 is 0 Å². The van der Waals surface area contributed by atoms with Gasteiger partial charge in [-0.2, -0.15) is 5.10 Å². The van der Waals surface area contributed by atoms with Gasteiger partial charge in [-0.3, -0.25) is 4.79 Å². The van der Waals surface area contributed by atoms with Crippen molar-refractivity contribution < 1.29 is 4.79 Å². The standard InChI is InChI=1S/C7H5BrN4O/c8-5-1-2-12-7(11-5)4(3-10-12)6(9)13/h1-3H,(H2,9,13). The summed E-state index contributed by atoms with van der Waals surface area (Å²) in [5.41, 5.74) is 5.91. The van der Waals surface area contributed by atoms with Crippen LogP contribution in [-0.4, -0.2) is 20.5 Å². The first kappa shape index (κ1) is 8.18. The lowest BCUT2D eigenvalue weighted by atomic mass is 10.3. The van der Waals surface area contributed by atoms with Gasteiger partial charge in [0.1, 0.15) is 10.2 Å². The van der Waals surface area contributed by atoms with E-state index in [2.05, 4.69) is 26.0 Å². The monoisotopic (exact) mass is 240 g/mol. The van der Waals surface area contributed by atoms with Crippen LogP contribution in [0.2, 0.25) is 0 Å². The maximum Gasteiger partial charge on any atom is 0.254 e. The normalized spacial score (nSPS) is 10.5. The minimum atomic E-state index is -0.527. The quantitative estimate of drug-likeness (QED) is 0.742. The minimum Gasteiger partial charge on any atom is -0.365 e. The van der Waals surface area contributed by atoms with Gasteiger partial charge in [0.05, 0.1) is 6.20 Å². The molecule has 6 heteroatoms. The Morgan fingerprint density at radius 3 is 3.08 bits per heavy atom. The van der Waals surface area contributed by atoms with Gasteiger partial charge in [0.15, 0.2) is 5.65 Å². The maximum atomic E-state index is 10.9. The fraction of sp³-hybridized carbons (Fsp3) is 0. The van der Waals surface area contributed by atoms with Crippen molar-refractivity contribution in [2.45, 2.75) is 0 Å². The summed E-state index contributed by atoms with van der Waals surface area (Å²) < 4.78 is 2.13. The highest BCUT2D eigenvalue weighted by atomic mass is 79.9. The van der Waals surface area contributed by atoms with Crippen molar-refractivity contribution in [3.8, 4) is 0 Å². The summed E-state index contributed by atoms with van der Waals surface area (Å²) in [6.07, 6.45) is 3.09. The fourth-order valence-electron chi connectivity index (χ4n) is 1.02. The molecule has 2 heterocycles. The number of halogens is 1. The zero-order chi connectivity index (χ0) is 9.42. The number of carbonyl (C=O) groups is 1. The van der Waals surface area contributed by atoms with Crippen LogP contribution in [0.15, 0.2) is 23.1 Å².